The van der Waals surface area contributed by atoms with Gasteiger partial charge in [-0.3, -0.25) is 10.1 Å². The van der Waals surface area contributed by atoms with Gasteiger partial charge in [-0.25, -0.2) is 0 Å². The fraction of sp³-hybridized carbons (Fsp3) is 0.714. The van der Waals surface area contributed by atoms with Gasteiger partial charge in [0.05, 0.1) is 0 Å². The highest BCUT2D eigenvalue weighted by Gasteiger charge is 2.13. The predicted octanol–water partition coefficient (Wildman–Crippen LogP) is 1.62. The Bertz CT molecular complexity index is 154. The van der Waals surface area contributed by atoms with Crippen LogP contribution in [0.3, 0.4) is 0 Å². The zero-order chi connectivity index (χ0) is 7.40. The van der Waals surface area contributed by atoms with Gasteiger partial charge in [0.2, 0.25) is 6.54 Å². The normalized spacial score (nSPS) is 24.6. The molecule has 1 atom stereocenters. The average molecular weight is 141 g/mol. The second kappa shape index (κ2) is 3.34. The molecule has 0 amide bonds. The standard InChI is InChI=1S/C7H11NO2/c9-8(10)6-7-4-2-1-3-5-7/h2,4,7H,1,3,5-6H2. The van der Waals surface area contributed by atoms with E-state index in [4.69, 9.17) is 0 Å². The van der Waals surface area contributed by atoms with E-state index in [0.717, 1.165) is 19.3 Å². The lowest BCUT2D eigenvalue weighted by molar-refractivity contribution is -0.486. The SMILES string of the molecule is O=[N+]([O-])CC1C=CCCC1. The molecule has 0 aromatic carbocycles. The number of rotatable bonds is 2. The van der Waals surface area contributed by atoms with Crippen molar-refractivity contribution >= 4 is 0 Å². The molecule has 1 unspecified atom stereocenters. The molecule has 0 spiro atoms. The van der Waals surface area contributed by atoms with Crippen LogP contribution in [0.15, 0.2) is 12.2 Å². The van der Waals surface area contributed by atoms with Crippen molar-refractivity contribution < 1.29 is 4.92 Å². The summed E-state index contributed by atoms with van der Waals surface area (Å²) >= 11 is 0. The second-order valence-corrected chi connectivity index (χ2v) is 2.63. The van der Waals surface area contributed by atoms with E-state index in [-0.39, 0.29) is 17.4 Å². The molecule has 1 aliphatic carbocycles. The molecule has 56 valence electrons. The van der Waals surface area contributed by atoms with E-state index in [1.54, 1.807) is 0 Å². The largest absolute Gasteiger partial charge is 0.265 e. The third kappa shape index (κ3) is 2.17. The first-order chi connectivity index (χ1) is 4.79. The molecule has 0 aromatic heterocycles. The van der Waals surface area contributed by atoms with Gasteiger partial charge in [0.1, 0.15) is 0 Å². The lowest BCUT2D eigenvalue weighted by Crippen LogP contribution is -2.13. The molecule has 0 heterocycles. The van der Waals surface area contributed by atoms with Crippen LogP contribution in [0.5, 0.6) is 0 Å². The van der Waals surface area contributed by atoms with Crippen LogP contribution in [-0.2, 0) is 0 Å². The maximum atomic E-state index is 10.0. The van der Waals surface area contributed by atoms with Crippen molar-refractivity contribution in [3.05, 3.63) is 22.3 Å². The Morgan fingerprint density at radius 3 is 3.00 bits per heavy atom. The van der Waals surface area contributed by atoms with Gasteiger partial charge in [-0.2, -0.15) is 0 Å². The van der Waals surface area contributed by atoms with Crippen LogP contribution in [-0.4, -0.2) is 11.5 Å². The van der Waals surface area contributed by atoms with E-state index >= 15 is 0 Å². The first-order valence-corrected chi connectivity index (χ1v) is 3.57. The zero-order valence-corrected chi connectivity index (χ0v) is 5.82. The van der Waals surface area contributed by atoms with Gasteiger partial charge >= 0.3 is 0 Å². The Hall–Kier alpha value is -0.860. The molecule has 0 aromatic rings. The molecule has 1 aliphatic rings. The monoisotopic (exact) mass is 141 g/mol. The molecule has 0 N–H and O–H groups in total. The molecule has 1 rings (SSSR count). The fourth-order valence-corrected chi connectivity index (χ4v) is 1.23. The summed E-state index contributed by atoms with van der Waals surface area (Å²) < 4.78 is 0. The quantitative estimate of drug-likeness (QED) is 0.333. The summed E-state index contributed by atoms with van der Waals surface area (Å²) in [4.78, 5) is 9.80. The Balaban J connectivity index is 2.33. The van der Waals surface area contributed by atoms with Gasteiger partial charge in [-0.1, -0.05) is 12.2 Å². The highest BCUT2D eigenvalue weighted by molar-refractivity contribution is 4.92. The summed E-state index contributed by atoms with van der Waals surface area (Å²) in [5.41, 5.74) is 0. The molecule has 3 nitrogen and oxygen atoms in total. The molecule has 0 aliphatic heterocycles. The molecule has 0 radical (unpaired) electrons. The van der Waals surface area contributed by atoms with Gasteiger partial charge < -0.3 is 0 Å². The maximum Gasteiger partial charge on any atom is 0.210 e. The minimum Gasteiger partial charge on any atom is -0.265 e. The van der Waals surface area contributed by atoms with Crippen LogP contribution in [0, 0.1) is 16.0 Å². The second-order valence-electron chi connectivity index (χ2n) is 2.63. The first kappa shape index (κ1) is 7.25. The summed E-state index contributed by atoms with van der Waals surface area (Å²) in [5.74, 6) is 0.198. The first-order valence-electron chi connectivity index (χ1n) is 3.57. The van der Waals surface area contributed by atoms with Gasteiger partial charge in [0.25, 0.3) is 0 Å². The topological polar surface area (TPSA) is 43.1 Å². The molecule has 0 fully saturated rings. The van der Waals surface area contributed by atoms with E-state index in [2.05, 4.69) is 0 Å². The highest BCUT2D eigenvalue weighted by Crippen LogP contribution is 2.16. The van der Waals surface area contributed by atoms with Gasteiger partial charge in [-0.15, -0.1) is 0 Å². The van der Waals surface area contributed by atoms with Crippen molar-refractivity contribution in [3.63, 3.8) is 0 Å². The number of nitro groups is 1. The van der Waals surface area contributed by atoms with Crippen LogP contribution >= 0.6 is 0 Å². The van der Waals surface area contributed by atoms with Crippen LogP contribution < -0.4 is 0 Å². The highest BCUT2D eigenvalue weighted by atomic mass is 16.6. The predicted molar refractivity (Wildman–Crippen MR) is 38.3 cm³/mol. The van der Waals surface area contributed by atoms with Crippen molar-refractivity contribution in [2.45, 2.75) is 19.3 Å². The molecule has 0 bridgehead atoms. The molecule has 10 heavy (non-hydrogen) atoms. The lowest BCUT2D eigenvalue weighted by Gasteiger charge is -2.10. The zero-order valence-electron chi connectivity index (χ0n) is 5.82. The molecule has 0 saturated heterocycles. The Morgan fingerprint density at radius 1 is 1.70 bits per heavy atom. The van der Waals surface area contributed by atoms with E-state index in [1.165, 1.54) is 0 Å². The van der Waals surface area contributed by atoms with E-state index in [9.17, 15) is 10.1 Å². The third-order valence-corrected chi connectivity index (χ3v) is 1.74. The minimum absolute atomic E-state index is 0.108. The van der Waals surface area contributed by atoms with Gasteiger partial charge in [0.15, 0.2) is 0 Å². The molecular formula is C7H11NO2. The van der Waals surface area contributed by atoms with E-state index in [0.29, 0.717) is 0 Å². The van der Waals surface area contributed by atoms with Crippen molar-refractivity contribution in [1.29, 1.82) is 0 Å². The number of hydrogen-bond donors (Lipinski definition) is 0. The summed E-state index contributed by atoms with van der Waals surface area (Å²) in [6.07, 6.45) is 7.19. The van der Waals surface area contributed by atoms with Crippen molar-refractivity contribution in [1.82, 2.24) is 0 Å². The van der Waals surface area contributed by atoms with Crippen molar-refractivity contribution in [2.75, 3.05) is 6.54 Å². The van der Waals surface area contributed by atoms with Gasteiger partial charge in [0, 0.05) is 10.8 Å². The smallest absolute Gasteiger partial charge is 0.210 e. The number of nitrogens with zero attached hydrogens (tertiary/aromatic N) is 1. The summed E-state index contributed by atoms with van der Waals surface area (Å²) in [5, 5.41) is 10.0. The molecule has 3 heteroatoms. The lowest BCUT2D eigenvalue weighted by atomic mass is 9.96. The third-order valence-electron chi connectivity index (χ3n) is 1.74. The maximum absolute atomic E-state index is 10.0. The summed E-state index contributed by atoms with van der Waals surface area (Å²) in [6, 6.07) is 0. The van der Waals surface area contributed by atoms with Gasteiger partial charge in [-0.05, 0) is 19.3 Å². The molecular weight excluding hydrogens is 130 g/mol. The van der Waals surface area contributed by atoms with E-state index < -0.39 is 0 Å². The summed E-state index contributed by atoms with van der Waals surface area (Å²) in [6.45, 7) is 0.108. The van der Waals surface area contributed by atoms with Crippen molar-refractivity contribution in [2.24, 2.45) is 5.92 Å². The fourth-order valence-electron chi connectivity index (χ4n) is 1.23. The Labute approximate surface area is 59.9 Å². The van der Waals surface area contributed by atoms with Crippen LogP contribution in [0.25, 0.3) is 0 Å². The Morgan fingerprint density at radius 2 is 2.50 bits per heavy atom. The molecule has 0 saturated carbocycles. The van der Waals surface area contributed by atoms with Crippen LogP contribution in [0.1, 0.15) is 19.3 Å². The number of allylic oxidation sites excluding steroid dienone is 1. The van der Waals surface area contributed by atoms with Crippen molar-refractivity contribution in [3.8, 4) is 0 Å². The summed E-state index contributed by atoms with van der Waals surface area (Å²) in [7, 11) is 0. The van der Waals surface area contributed by atoms with E-state index in [1.807, 2.05) is 12.2 Å². The average Bonchev–Trinajstić information content (AvgIpc) is 1.88. The van der Waals surface area contributed by atoms with Crippen LogP contribution in [0.4, 0.5) is 0 Å². The Kier molecular flexibility index (Phi) is 2.42. The minimum atomic E-state index is -0.236. The van der Waals surface area contributed by atoms with Crippen LogP contribution in [0.2, 0.25) is 0 Å². The number of hydrogen-bond acceptors (Lipinski definition) is 2.